The van der Waals surface area contributed by atoms with Crippen LogP contribution in [0.2, 0.25) is 0 Å². The number of aryl methyl sites for hydroxylation is 2. The van der Waals surface area contributed by atoms with Gasteiger partial charge in [0.25, 0.3) is 0 Å². The zero-order valence-electron chi connectivity index (χ0n) is 8.68. The number of carbonyl (C=O) groups is 1. The van der Waals surface area contributed by atoms with E-state index in [4.69, 9.17) is 0 Å². The smallest absolute Gasteiger partial charge is 0.166 e. The molecule has 1 N–H and O–H groups in total. The van der Waals surface area contributed by atoms with E-state index in [-0.39, 0.29) is 5.78 Å². The number of nitrogens with one attached hydrogen (secondary N) is 1. The van der Waals surface area contributed by atoms with Crippen molar-refractivity contribution in [2.75, 3.05) is 11.9 Å². The zero-order valence-corrected chi connectivity index (χ0v) is 8.68. The first kappa shape index (κ1) is 9.25. The molecule has 0 aromatic heterocycles. The molecule has 0 bridgehead atoms. The second-order valence-corrected chi connectivity index (χ2v) is 3.80. The largest absolute Gasteiger partial charge is 0.384 e. The fraction of sp³-hybridized carbons (Fsp3) is 0.417. The fourth-order valence-electron chi connectivity index (χ4n) is 2.00. The number of rotatable bonds is 1. The molecule has 0 unspecified atom stereocenters. The Hall–Kier alpha value is -1.31. The molecule has 0 amide bonds. The van der Waals surface area contributed by atoms with Gasteiger partial charge < -0.3 is 5.32 Å². The molecule has 1 aromatic rings. The van der Waals surface area contributed by atoms with Gasteiger partial charge in [-0.25, -0.2) is 0 Å². The van der Waals surface area contributed by atoms with E-state index < -0.39 is 0 Å². The Balaban J connectivity index is 2.60. The zero-order chi connectivity index (χ0) is 10.1. The molecule has 1 aliphatic rings. The van der Waals surface area contributed by atoms with Crippen LogP contribution in [0.3, 0.4) is 0 Å². The van der Waals surface area contributed by atoms with Crippen LogP contribution in [0.5, 0.6) is 0 Å². The van der Waals surface area contributed by atoms with Gasteiger partial charge in [-0.05, 0) is 30.5 Å². The molecule has 1 heterocycles. The summed E-state index contributed by atoms with van der Waals surface area (Å²) in [6, 6.07) is 4.15. The summed E-state index contributed by atoms with van der Waals surface area (Å²) >= 11 is 0. The van der Waals surface area contributed by atoms with E-state index in [0.29, 0.717) is 6.42 Å². The molecular weight excluding hydrogens is 174 g/mol. The minimum atomic E-state index is 0.275. The monoisotopic (exact) mass is 189 g/mol. The summed E-state index contributed by atoms with van der Waals surface area (Å²) in [5.74, 6) is 0.275. The first-order chi connectivity index (χ1) is 6.72. The summed E-state index contributed by atoms with van der Waals surface area (Å²) in [5, 5.41) is 3.32. The lowest BCUT2D eigenvalue weighted by Crippen LogP contribution is -2.19. The molecule has 0 atom stereocenters. The topological polar surface area (TPSA) is 29.1 Å². The van der Waals surface area contributed by atoms with Crippen LogP contribution in [0.1, 0.15) is 34.8 Å². The van der Waals surface area contributed by atoms with Gasteiger partial charge in [0.2, 0.25) is 0 Å². The molecule has 0 saturated carbocycles. The third-order valence-corrected chi connectivity index (χ3v) is 2.70. The average molecular weight is 189 g/mol. The van der Waals surface area contributed by atoms with Crippen LogP contribution in [0.4, 0.5) is 5.69 Å². The summed E-state index contributed by atoms with van der Waals surface area (Å²) in [4.78, 5) is 11.7. The van der Waals surface area contributed by atoms with Crippen molar-refractivity contribution >= 4 is 11.5 Å². The van der Waals surface area contributed by atoms with Gasteiger partial charge in [-0.3, -0.25) is 4.79 Å². The molecular formula is C12H15NO. The van der Waals surface area contributed by atoms with Gasteiger partial charge in [0.05, 0.1) is 0 Å². The van der Waals surface area contributed by atoms with Gasteiger partial charge in [0.1, 0.15) is 0 Å². The molecule has 0 radical (unpaired) electrons. The number of ketones is 1. The van der Waals surface area contributed by atoms with Gasteiger partial charge in [-0.2, -0.15) is 0 Å². The van der Waals surface area contributed by atoms with E-state index in [1.807, 2.05) is 13.0 Å². The molecule has 2 nitrogen and oxygen atoms in total. The molecule has 1 aliphatic heterocycles. The van der Waals surface area contributed by atoms with Gasteiger partial charge in [0, 0.05) is 24.2 Å². The maximum atomic E-state index is 11.7. The second-order valence-electron chi connectivity index (χ2n) is 3.80. The molecule has 14 heavy (non-hydrogen) atoms. The molecule has 0 spiro atoms. The quantitative estimate of drug-likeness (QED) is 0.735. The number of anilines is 1. The van der Waals surface area contributed by atoms with E-state index >= 15 is 0 Å². The Morgan fingerprint density at radius 2 is 2.21 bits per heavy atom. The standard InChI is InChI=1S/C12H15NO/c1-3-9-6-8(2)7-10-11(14)4-5-13-12(9)10/h6-7,13H,3-5H2,1-2H3. The van der Waals surface area contributed by atoms with Crippen molar-refractivity contribution in [3.05, 3.63) is 28.8 Å². The molecule has 1 aromatic carbocycles. The lowest BCUT2D eigenvalue weighted by atomic mass is 9.95. The van der Waals surface area contributed by atoms with Crippen molar-refractivity contribution in [2.45, 2.75) is 26.7 Å². The van der Waals surface area contributed by atoms with Crippen molar-refractivity contribution in [3.8, 4) is 0 Å². The van der Waals surface area contributed by atoms with Crippen LogP contribution in [0.15, 0.2) is 12.1 Å². The molecule has 2 heteroatoms. The summed E-state index contributed by atoms with van der Waals surface area (Å²) in [6.07, 6.45) is 1.60. The molecule has 0 fully saturated rings. The van der Waals surface area contributed by atoms with Crippen LogP contribution in [0.25, 0.3) is 0 Å². The Bertz CT molecular complexity index is 382. The third-order valence-electron chi connectivity index (χ3n) is 2.70. The molecule has 0 saturated heterocycles. The maximum absolute atomic E-state index is 11.7. The van der Waals surface area contributed by atoms with Crippen molar-refractivity contribution in [1.82, 2.24) is 0 Å². The van der Waals surface area contributed by atoms with Gasteiger partial charge in [0.15, 0.2) is 5.78 Å². The Morgan fingerprint density at radius 3 is 2.93 bits per heavy atom. The van der Waals surface area contributed by atoms with Crippen LogP contribution >= 0.6 is 0 Å². The van der Waals surface area contributed by atoms with Crippen LogP contribution in [-0.4, -0.2) is 12.3 Å². The number of Topliss-reactive ketones (excluding diaryl/α,β-unsaturated/α-hetero) is 1. The number of hydrogen-bond donors (Lipinski definition) is 1. The predicted octanol–water partition coefficient (Wildman–Crippen LogP) is 2.56. The van der Waals surface area contributed by atoms with Gasteiger partial charge >= 0.3 is 0 Å². The summed E-state index contributed by atoms with van der Waals surface area (Å²) < 4.78 is 0. The first-order valence-corrected chi connectivity index (χ1v) is 5.13. The van der Waals surface area contributed by atoms with E-state index in [1.165, 1.54) is 11.1 Å². The lowest BCUT2D eigenvalue weighted by molar-refractivity contribution is 0.0983. The highest BCUT2D eigenvalue weighted by molar-refractivity contribution is 6.03. The Labute approximate surface area is 84.3 Å². The minimum absolute atomic E-state index is 0.275. The van der Waals surface area contributed by atoms with Crippen molar-refractivity contribution in [1.29, 1.82) is 0 Å². The van der Waals surface area contributed by atoms with E-state index in [2.05, 4.69) is 18.3 Å². The highest BCUT2D eigenvalue weighted by Crippen LogP contribution is 2.27. The molecule has 2 rings (SSSR count). The summed E-state index contributed by atoms with van der Waals surface area (Å²) in [7, 11) is 0. The summed E-state index contributed by atoms with van der Waals surface area (Å²) in [5.41, 5.74) is 4.38. The normalized spacial score (nSPS) is 14.9. The average Bonchev–Trinajstić information content (AvgIpc) is 2.18. The minimum Gasteiger partial charge on any atom is -0.384 e. The van der Waals surface area contributed by atoms with Gasteiger partial charge in [-0.15, -0.1) is 0 Å². The predicted molar refractivity (Wildman–Crippen MR) is 58.0 cm³/mol. The van der Waals surface area contributed by atoms with Crippen LogP contribution in [-0.2, 0) is 6.42 Å². The maximum Gasteiger partial charge on any atom is 0.166 e. The first-order valence-electron chi connectivity index (χ1n) is 5.13. The van der Waals surface area contributed by atoms with Gasteiger partial charge in [-0.1, -0.05) is 13.0 Å². The highest BCUT2D eigenvalue weighted by Gasteiger charge is 2.18. The second kappa shape index (κ2) is 3.45. The number of benzene rings is 1. The number of hydrogen-bond acceptors (Lipinski definition) is 2. The lowest BCUT2D eigenvalue weighted by Gasteiger charge is -2.20. The van der Waals surface area contributed by atoms with E-state index in [0.717, 1.165) is 24.2 Å². The molecule has 0 aliphatic carbocycles. The van der Waals surface area contributed by atoms with Crippen LogP contribution < -0.4 is 5.32 Å². The van der Waals surface area contributed by atoms with Crippen molar-refractivity contribution in [2.24, 2.45) is 0 Å². The Kier molecular flexibility index (Phi) is 2.28. The van der Waals surface area contributed by atoms with E-state index in [1.54, 1.807) is 0 Å². The molecule has 74 valence electrons. The fourth-order valence-corrected chi connectivity index (χ4v) is 2.00. The number of carbonyl (C=O) groups excluding carboxylic acids is 1. The highest BCUT2D eigenvalue weighted by atomic mass is 16.1. The number of fused-ring (bicyclic) bond motifs is 1. The van der Waals surface area contributed by atoms with Crippen molar-refractivity contribution in [3.63, 3.8) is 0 Å². The Morgan fingerprint density at radius 1 is 1.43 bits per heavy atom. The van der Waals surface area contributed by atoms with Crippen molar-refractivity contribution < 1.29 is 4.79 Å². The summed E-state index contributed by atoms with van der Waals surface area (Å²) in [6.45, 7) is 4.94. The van der Waals surface area contributed by atoms with Crippen LogP contribution in [0, 0.1) is 6.92 Å². The third kappa shape index (κ3) is 1.41. The van der Waals surface area contributed by atoms with E-state index in [9.17, 15) is 4.79 Å². The SMILES string of the molecule is CCc1cc(C)cc2c1NCCC2=O.